The molecular formula is C13H18N4O4S2. The Labute approximate surface area is 138 Å². The number of carbonyl (C=O) groups is 1. The molecule has 1 unspecified atom stereocenters. The fraction of sp³-hybridized carbons (Fsp3) is 0.385. The number of aryl methyl sites for hydroxylation is 1. The first-order valence-corrected chi connectivity index (χ1v) is 9.12. The highest BCUT2D eigenvalue weighted by atomic mass is 32.2. The maximum Gasteiger partial charge on any atom is 0.251 e. The van der Waals surface area contributed by atoms with Crippen LogP contribution in [0.3, 0.4) is 0 Å². The Morgan fingerprint density at radius 2 is 2.26 bits per heavy atom. The van der Waals surface area contributed by atoms with Crippen LogP contribution in [0.25, 0.3) is 0 Å². The van der Waals surface area contributed by atoms with E-state index in [4.69, 9.17) is 0 Å². The van der Waals surface area contributed by atoms with Crippen molar-refractivity contribution in [1.82, 2.24) is 14.3 Å². The Bertz CT molecular complexity index is 782. The van der Waals surface area contributed by atoms with Crippen molar-refractivity contribution in [3.05, 3.63) is 30.2 Å². The van der Waals surface area contributed by atoms with Crippen molar-refractivity contribution >= 4 is 32.4 Å². The number of aliphatic hydroxyl groups excluding tert-OH is 1. The van der Waals surface area contributed by atoms with Gasteiger partial charge in [0, 0.05) is 32.4 Å². The van der Waals surface area contributed by atoms with Gasteiger partial charge in [-0.05, 0) is 18.6 Å². The smallest absolute Gasteiger partial charge is 0.251 e. The molecule has 2 heterocycles. The Balaban J connectivity index is 1.92. The van der Waals surface area contributed by atoms with Crippen molar-refractivity contribution < 1.29 is 18.3 Å². The molecule has 0 aliphatic rings. The molecule has 3 N–H and O–H groups in total. The van der Waals surface area contributed by atoms with Gasteiger partial charge in [-0.3, -0.25) is 4.79 Å². The lowest BCUT2D eigenvalue weighted by Gasteiger charge is -2.12. The van der Waals surface area contributed by atoms with Crippen molar-refractivity contribution in [3.8, 4) is 0 Å². The molecule has 0 spiro atoms. The van der Waals surface area contributed by atoms with E-state index in [1.54, 1.807) is 10.6 Å². The van der Waals surface area contributed by atoms with Crippen LogP contribution >= 0.6 is 11.3 Å². The molecule has 0 saturated carbocycles. The number of nitrogens with one attached hydrogen (secondary N) is 2. The first-order valence-electron chi connectivity index (χ1n) is 6.82. The summed E-state index contributed by atoms with van der Waals surface area (Å²) in [5.41, 5.74) is 0.718. The molecule has 0 radical (unpaired) electrons. The van der Waals surface area contributed by atoms with Crippen LogP contribution in [-0.2, 0) is 21.9 Å². The summed E-state index contributed by atoms with van der Waals surface area (Å²) in [6.45, 7) is 1.40. The van der Waals surface area contributed by atoms with Crippen LogP contribution in [0.5, 0.6) is 0 Å². The Hall–Kier alpha value is -1.75. The van der Waals surface area contributed by atoms with E-state index >= 15 is 0 Å². The maximum atomic E-state index is 12.1. The van der Waals surface area contributed by atoms with Crippen LogP contribution in [0, 0.1) is 0 Å². The van der Waals surface area contributed by atoms with Gasteiger partial charge in [0.15, 0.2) is 9.34 Å². The van der Waals surface area contributed by atoms with Crippen LogP contribution in [-0.4, -0.2) is 35.5 Å². The summed E-state index contributed by atoms with van der Waals surface area (Å²) >= 11 is 0.867. The zero-order valence-corrected chi connectivity index (χ0v) is 14.3. The first kappa shape index (κ1) is 17.6. The largest absolute Gasteiger partial charge is 0.387 e. The third kappa shape index (κ3) is 4.61. The molecular weight excluding hydrogens is 340 g/mol. The fourth-order valence-electron chi connectivity index (χ4n) is 1.96. The van der Waals surface area contributed by atoms with Crippen LogP contribution in [0.4, 0.5) is 5.13 Å². The third-order valence-corrected chi connectivity index (χ3v) is 5.90. The van der Waals surface area contributed by atoms with Gasteiger partial charge in [-0.25, -0.2) is 18.1 Å². The number of hydrogen-bond donors (Lipinski definition) is 3. The van der Waals surface area contributed by atoms with Crippen molar-refractivity contribution in [3.63, 3.8) is 0 Å². The van der Waals surface area contributed by atoms with Gasteiger partial charge in [-0.1, -0.05) is 11.3 Å². The molecule has 0 aliphatic carbocycles. The number of aromatic nitrogens is 2. The summed E-state index contributed by atoms with van der Waals surface area (Å²) in [6.07, 6.45) is 2.48. The minimum Gasteiger partial charge on any atom is -0.387 e. The third-order valence-electron chi connectivity index (χ3n) is 3.07. The van der Waals surface area contributed by atoms with Crippen molar-refractivity contribution in [1.29, 1.82) is 0 Å². The lowest BCUT2D eigenvalue weighted by atomic mass is 10.2. The highest BCUT2D eigenvalue weighted by Gasteiger charge is 2.19. The molecule has 126 valence electrons. The number of hydrogen-bond acceptors (Lipinski definition) is 6. The second-order valence-corrected chi connectivity index (χ2v) is 7.94. The minimum atomic E-state index is -3.71. The average Bonchev–Trinajstić information content (AvgIpc) is 3.07. The topological polar surface area (TPSA) is 113 Å². The van der Waals surface area contributed by atoms with Crippen LogP contribution in [0.2, 0.25) is 0 Å². The number of rotatable bonds is 7. The molecule has 23 heavy (non-hydrogen) atoms. The van der Waals surface area contributed by atoms with E-state index in [1.165, 1.54) is 13.1 Å². The maximum absolute atomic E-state index is 12.1. The number of aliphatic hydroxyl groups is 1. The van der Waals surface area contributed by atoms with E-state index < -0.39 is 16.1 Å². The van der Waals surface area contributed by atoms with Gasteiger partial charge in [0.25, 0.3) is 10.0 Å². The monoisotopic (exact) mass is 358 g/mol. The fourth-order valence-corrected chi connectivity index (χ4v) is 4.13. The summed E-state index contributed by atoms with van der Waals surface area (Å²) in [4.78, 5) is 14.8. The predicted octanol–water partition coefficient (Wildman–Crippen LogP) is 0.842. The normalized spacial score (nSPS) is 13.0. The Morgan fingerprint density at radius 3 is 2.87 bits per heavy atom. The van der Waals surface area contributed by atoms with Gasteiger partial charge in [-0.2, -0.15) is 0 Å². The quantitative estimate of drug-likeness (QED) is 0.679. The highest BCUT2D eigenvalue weighted by Crippen LogP contribution is 2.23. The van der Waals surface area contributed by atoms with Gasteiger partial charge in [0.2, 0.25) is 5.91 Å². The lowest BCUT2D eigenvalue weighted by molar-refractivity contribution is -0.114. The molecule has 10 heteroatoms. The number of sulfonamides is 1. The Morgan fingerprint density at radius 1 is 1.52 bits per heavy atom. The van der Waals surface area contributed by atoms with Gasteiger partial charge in [0.05, 0.1) is 12.3 Å². The molecule has 1 atom stereocenters. The van der Waals surface area contributed by atoms with Crippen LogP contribution in [0.1, 0.15) is 25.1 Å². The SMILES string of the molecule is CC(=O)Nc1ncc(S(=O)(=O)NCCC(O)c2cccn2C)s1. The zero-order valence-electron chi connectivity index (χ0n) is 12.7. The molecule has 8 nitrogen and oxygen atoms in total. The van der Waals surface area contributed by atoms with Crippen molar-refractivity contribution in [2.24, 2.45) is 7.05 Å². The van der Waals surface area contributed by atoms with E-state index in [-0.39, 0.29) is 28.2 Å². The molecule has 0 aromatic carbocycles. The molecule has 0 aliphatic heterocycles. The van der Waals surface area contributed by atoms with Crippen LogP contribution < -0.4 is 10.0 Å². The highest BCUT2D eigenvalue weighted by molar-refractivity contribution is 7.91. The average molecular weight is 358 g/mol. The van der Waals surface area contributed by atoms with E-state index in [2.05, 4.69) is 15.0 Å². The molecule has 2 rings (SSSR count). The minimum absolute atomic E-state index is 0.00889. The van der Waals surface area contributed by atoms with Crippen LogP contribution in [0.15, 0.2) is 28.7 Å². The molecule has 1 amide bonds. The number of amides is 1. The molecule has 2 aromatic heterocycles. The zero-order chi connectivity index (χ0) is 17.0. The summed E-state index contributed by atoms with van der Waals surface area (Å²) in [7, 11) is -1.90. The number of thiazole rings is 1. The van der Waals surface area contributed by atoms with Crippen molar-refractivity contribution in [2.45, 2.75) is 23.7 Å². The molecule has 0 fully saturated rings. The van der Waals surface area contributed by atoms with E-state index in [0.29, 0.717) is 0 Å². The summed E-state index contributed by atoms with van der Waals surface area (Å²) in [6, 6.07) is 3.59. The number of carbonyl (C=O) groups excluding carboxylic acids is 1. The Kier molecular flexibility index (Phi) is 5.52. The van der Waals surface area contributed by atoms with Crippen molar-refractivity contribution in [2.75, 3.05) is 11.9 Å². The van der Waals surface area contributed by atoms with E-state index in [1.807, 2.05) is 19.3 Å². The summed E-state index contributed by atoms with van der Waals surface area (Å²) in [5, 5.41) is 12.7. The lowest BCUT2D eigenvalue weighted by Crippen LogP contribution is -2.25. The first-order chi connectivity index (χ1) is 10.8. The van der Waals surface area contributed by atoms with Gasteiger partial charge in [-0.15, -0.1) is 0 Å². The molecule has 0 bridgehead atoms. The van der Waals surface area contributed by atoms with Gasteiger partial charge in [0.1, 0.15) is 0 Å². The second kappa shape index (κ2) is 7.21. The number of nitrogens with zero attached hydrogens (tertiary/aromatic N) is 2. The predicted molar refractivity (Wildman–Crippen MR) is 86.6 cm³/mol. The summed E-state index contributed by atoms with van der Waals surface area (Å²) < 4.78 is 28.5. The second-order valence-electron chi connectivity index (χ2n) is 4.91. The standard InChI is InChI=1S/C13H18N4O4S2/c1-9(18)16-13-14-8-12(22-13)23(20,21)15-6-5-11(19)10-4-3-7-17(10)2/h3-4,7-8,11,15,19H,5-6H2,1-2H3,(H,14,16,18). The summed E-state index contributed by atoms with van der Waals surface area (Å²) in [5.74, 6) is -0.318. The van der Waals surface area contributed by atoms with Gasteiger partial charge >= 0.3 is 0 Å². The van der Waals surface area contributed by atoms with E-state index in [9.17, 15) is 18.3 Å². The molecule has 0 saturated heterocycles. The number of anilines is 1. The molecule has 2 aromatic rings. The van der Waals surface area contributed by atoms with Gasteiger partial charge < -0.3 is 15.0 Å². The van der Waals surface area contributed by atoms with E-state index in [0.717, 1.165) is 17.0 Å².